The Kier molecular flexibility index (Phi) is 5.91. The zero-order chi connectivity index (χ0) is 24.4. The molecular formula is C24H21N5O5S. The number of nitrogens with zero attached hydrogens (tertiary/aromatic N) is 4. The lowest BCUT2D eigenvalue weighted by Crippen LogP contribution is -2.50. The molecule has 0 saturated carbocycles. The minimum atomic E-state index is -3.88. The molecule has 10 nitrogen and oxygen atoms in total. The molecule has 0 bridgehead atoms. The molecule has 1 fully saturated rings. The average Bonchev–Trinajstić information content (AvgIpc) is 3.43. The van der Waals surface area contributed by atoms with Crippen LogP contribution in [0.25, 0.3) is 10.9 Å². The first-order valence-corrected chi connectivity index (χ1v) is 12.4. The van der Waals surface area contributed by atoms with E-state index < -0.39 is 10.0 Å². The summed E-state index contributed by atoms with van der Waals surface area (Å²) in [5.74, 6) is -0.279. The number of hydrogen-bond donors (Lipinski definition) is 1. The van der Waals surface area contributed by atoms with Gasteiger partial charge in [0.2, 0.25) is 5.76 Å². The lowest BCUT2D eigenvalue weighted by Gasteiger charge is -2.34. The van der Waals surface area contributed by atoms with Crippen molar-refractivity contribution >= 4 is 38.4 Å². The van der Waals surface area contributed by atoms with E-state index in [-0.39, 0.29) is 22.5 Å². The molecule has 1 aliphatic rings. The minimum absolute atomic E-state index is 0.0773. The first-order valence-electron chi connectivity index (χ1n) is 10.9. The Labute approximate surface area is 201 Å². The molecule has 2 amide bonds. The summed E-state index contributed by atoms with van der Waals surface area (Å²) in [7, 11) is -3.88. The molecule has 4 aromatic rings. The van der Waals surface area contributed by atoms with Crippen LogP contribution in [0.4, 0.5) is 5.69 Å². The Morgan fingerprint density at radius 1 is 0.829 bits per heavy atom. The van der Waals surface area contributed by atoms with Crippen LogP contribution in [-0.2, 0) is 10.0 Å². The van der Waals surface area contributed by atoms with Crippen LogP contribution in [0.2, 0.25) is 0 Å². The molecule has 0 aliphatic carbocycles. The molecule has 3 heterocycles. The molecule has 35 heavy (non-hydrogen) atoms. The highest BCUT2D eigenvalue weighted by atomic mass is 32.2. The van der Waals surface area contributed by atoms with Crippen molar-refractivity contribution in [2.75, 3.05) is 30.9 Å². The predicted molar refractivity (Wildman–Crippen MR) is 127 cm³/mol. The van der Waals surface area contributed by atoms with Gasteiger partial charge in [0.15, 0.2) is 0 Å². The van der Waals surface area contributed by atoms with Crippen molar-refractivity contribution in [3.8, 4) is 0 Å². The number of benzene rings is 2. The number of fused-ring (bicyclic) bond motifs is 1. The van der Waals surface area contributed by atoms with Crippen LogP contribution in [0.1, 0.15) is 20.9 Å². The van der Waals surface area contributed by atoms with E-state index in [4.69, 9.17) is 4.52 Å². The van der Waals surface area contributed by atoms with Gasteiger partial charge in [0.25, 0.3) is 21.8 Å². The predicted octanol–water partition coefficient (Wildman–Crippen LogP) is 2.62. The highest BCUT2D eigenvalue weighted by Gasteiger charge is 2.27. The van der Waals surface area contributed by atoms with Gasteiger partial charge in [0.05, 0.1) is 11.7 Å². The van der Waals surface area contributed by atoms with E-state index in [2.05, 4.69) is 14.9 Å². The maximum atomic E-state index is 13.0. The van der Waals surface area contributed by atoms with Crippen LogP contribution in [0.5, 0.6) is 0 Å². The fraction of sp³-hybridized carbons (Fsp3) is 0.167. The molecule has 1 saturated heterocycles. The van der Waals surface area contributed by atoms with Crippen LogP contribution in [0.15, 0.2) is 82.5 Å². The second-order valence-corrected chi connectivity index (χ2v) is 9.63. The SMILES string of the molecule is O=C(c1ccc(NS(=O)(=O)c2cccc3cccnc23)cc1)N1CCN(C(=O)c2ccno2)CC1. The molecule has 0 atom stereocenters. The van der Waals surface area contributed by atoms with Crippen molar-refractivity contribution in [3.05, 3.63) is 84.4 Å². The summed E-state index contributed by atoms with van der Waals surface area (Å²) >= 11 is 0. The lowest BCUT2D eigenvalue weighted by molar-refractivity contribution is 0.0513. The summed E-state index contributed by atoms with van der Waals surface area (Å²) in [5, 5.41) is 4.27. The van der Waals surface area contributed by atoms with Gasteiger partial charge in [-0.15, -0.1) is 0 Å². The molecule has 1 aliphatic heterocycles. The standard InChI is InChI=1S/C24H21N5O5S/c30-23(28-13-15-29(16-14-28)24(31)20-10-12-26-34-20)18-6-8-19(9-7-18)27-35(32,33)21-5-1-3-17-4-2-11-25-22(17)21/h1-12,27H,13-16H2. The van der Waals surface area contributed by atoms with Gasteiger partial charge in [-0.2, -0.15) is 0 Å². The molecule has 11 heteroatoms. The number of carbonyl (C=O) groups is 2. The van der Waals surface area contributed by atoms with Gasteiger partial charge in [-0.1, -0.05) is 23.4 Å². The largest absolute Gasteiger partial charge is 0.351 e. The molecule has 5 rings (SSSR count). The topological polar surface area (TPSA) is 126 Å². The molecule has 178 valence electrons. The van der Waals surface area contributed by atoms with Gasteiger partial charge in [-0.3, -0.25) is 19.3 Å². The number of sulfonamides is 1. The number of para-hydroxylation sites is 1. The number of rotatable bonds is 5. The van der Waals surface area contributed by atoms with Gasteiger partial charge in [-0.25, -0.2) is 8.42 Å². The molecular weight excluding hydrogens is 470 g/mol. The maximum absolute atomic E-state index is 13.0. The van der Waals surface area contributed by atoms with Crippen LogP contribution < -0.4 is 4.72 Å². The molecule has 0 radical (unpaired) electrons. The summed E-state index contributed by atoms with van der Waals surface area (Å²) in [6, 6.07) is 16.3. The van der Waals surface area contributed by atoms with Crippen molar-refractivity contribution in [1.82, 2.24) is 19.9 Å². The summed E-state index contributed by atoms with van der Waals surface area (Å²) in [5.41, 5.74) is 1.14. The number of piperazine rings is 1. The molecule has 2 aromatic heterocycles. The highest BCUT2D eigenvalue weighted by molar-refractivity contribution is 7.93. The summed E-state index contributed by atoms with van der Waals surface area (Å²) < 4.78 is 33.4. The first-order chi connectivity index (χ1) is 16.9. The Bertz CT molecular complexity index is 1470. The second kappa shape index (κ2) is 9.18. The molecule has 0 unspecified atom stereocenters. The van der Waals surface area contributed by atoms with Gasteiger partial charge in [0.1, 0.15) is 4.90 Å². The fourth-order valence-electron chi connectivity index (χ4n) is 3.96. The van der Waals surface area contributed by atoms with Gasteiger partial charge in [0, 0.05) is 55.1 Å². The van der Waals surface area contributed by atoms with Gasteiger partial charge >= 0.3 is 0 Å². The minimum Gasteiger partial charge on any atom is -0.351 e. The quantitative estimate of drug-likeness (QED) is 0.455. The third-order valence-corrected chi connectivity index (χ3v) is 7.18. The number of anilines is 1. The van der Waals surface area contributed by atoms with Crippen LogP contribution in [0, 0.1) is 0 Å². The maximum Gasteiger partial charge on any atom is 0.292 e. The number of hydrogen-bond acceptors (Lipinski definition) is 7. The fourth-order valence-corrected chi connectivity index (χ4v) is 5.20. The van der Waals surface area contributed by atoms with Crippen molar-refractivity contribution in [3.63, 3.8) is 0 Å². The zero-order valence-corrected chi connectivity index (χ0v) is 19.3. The summed E-state index contributed by atoms with van der Waals surface area (Å²) in [4.78, 5) is 32.8. The number of amides is 2. The number of aromatic nitrogens is 2. The van der Waals surface area contributed by atoms with Crippen LogP contribution in [-0.4, -0.2) is 66.4 Å². The van der Waals surface area contributed by atoms with Gasteiger partial charge < -0.3 is 14.3 Å². The average molecular weight is 492 g/mol. The molecule has 0 spiro atoms. The van der Waals surface area contributed by atoms with Crippen LogP contribution >= 0.6 is 0 Å². The molecule has 2 aromatic carbocycles. The van der Waals surface area contributed by atoms with Gasteiger partial charge in [-0.05, 0) is 36.4 Å². The third-order valence-electron chi connectivity index (χ3n) is 5.77. The van der Waals surface area contributed by atoms with Crippen molar-refractivity contribution in [2.24, 2.45) is 0 Å². The van der Waals surface area contributed by atoms with E-state index in [9.17, 15) is 18.0 Å². The van der Waals surface area contributed by atoms with Crippen molar-refractivity contribution in [1.29, 1.82) is 0 Å². The smallest absolute Gasteiger partial charge is 0.292 e. The second-order valence-electron chi connectivity index (χ2n) is 7.98. The van der Waals surface area contributed by atoms with E-state index in [1.807, 2.05) is 0 Å². The van der Waals surface area contributed by atoms with E-state index in [0.717, 1.165) is 5.39 Å². The van der Waals surface area contributed by atoms with E-state index >= 15 is 0 Å². The number of carbonyl (C=O) groups excluding carboxylic acids is 2. The van der Waals surface area contributed by atoms with E-state index in [1.165, 1.54) is 18.3 Å². The zero-order valence-electron chi connectivity index (χ0n) is 18.5. The first kappa shape index (κ1) is 22.5. The lowest BCUT2D eigenvalue weighted by atomic mass is 10.1. The van der Waals surface area contributed by atoms with Crippen molar-refractivity contribution < 1.29 is 22.5 Å². The summed E-state index contributed by atoms with van der Waals surface area (Å²) in [6.45, 7) is 1.51. The van der Waals surface area contributed by atoms with Crippen molar-refractivity contribution in [2.45, 2.75) is 4.90 Å². The Morgan fingerprint density at radius 3 is 2.20 bits per heavy atom. The van der Waals surface area contributed by atoms with E-state index in [0.29, 0.717) is 42.9 Å². The highest BCUT2D eigenvalue weighted by Crippen LogP contribution is 2.23. The third kappa shape index (κ3) is 4.58. The van der Waals surface area contributed by atoms with Crippen LogP contribution in [0.3, 0.4) is 0 Å². The number of pyridine rings is 1. The summed E-state index contributed by atoms with van der Waals surface area (Å²) in [6.07, 6.45) is 2.96. The Morgan fingerprint density at radius 2 is 1.51 bits per heavy atom. The van der Waals surface area contributed by atoms with E-state index in [1.54, 1.807) is 64.5 Å². The normalized spacial score (nSPS) is 14.2. The Hall–Kier alpha value is -4.25. The molecule has 1 N–H and O–H groups in total. The Balaban J connectivity index is 1.24. The number of nitrogens with one attached hydrogen (secondary N) is 1. The monoisotopic (exact) mass is 491 g/mol.